The number of hydrogen-bond acceptors (Lipinski definition) is 2. The fraction of sp³-hybridized carbons (Fsp3) is 0.538. The van der Waals surface area contributed by atoms with Gasteiger partial charge in [-0.3, -0.25) is 0 Å². The summed E-state index contributed by atoms with van der Waals surface area (Å²) in [6.45, 7) is 0.796. The highest BCUT2D eigenvalue weighted by atomic mass is 15.2. The Morgan fingerprint density at radius 2 is 2.07 bits per heavy atom. The van der Waals surface area contributed by atoms with Gasteiger partial charge in [-0.05, 0) is 37.3 Å². The lowest BCUT2D eigenvalue weighted by molar-refractivity contribution is 0.563. The quantitative estimate of drug-likeness (QED) is 0.754. The van der Waals surface area contributed by atoms with Crippen LogP contribution in [0.5, 0.6) is 0 Å². The molecular weight excluding hydrogens is 184 g/mol. The summed E-state index contributed by atoms with van der Waals surface area (Å²) >= 11 is 0. The molecule has 2 aliphatic heterocycles. The maximum atomic E-state index is 5.86. The molecule has 2 heteroatoms. The first-order valence-electron chi connectivity index (χ1n) is 5.96. The maximum absolute atomic E-state index is 5.86. The van der Waals surface area contributed by atoms with Crippen molar-refractivity contribution >= 4 is 5.69 Å². The van der Waals surface area contributed by atoms with Gasteiger partial charge in [0.2, 0.25) is 0 Å². The van der Waals surface area contributed by atoms with Crippen LogP contribution in [0.1, 0.15) is 24.8 Å². The Kier molecular flexibility index (Phi) is 2.17. The summed E-state index contributed by atoms with van der Waals surface area (Å²) in [6.07, 6.45) is 5.16. The van der Waals surface area contributed by atoms with Crippen molar-refractivity contribution in [2.75, 3.05) is 11.4 Å². The van der Waals surface area contributed by atoms with Gasteiger partial charge in [0, 0.05) is 24.3 Å². The predicted molar refractivity (Wildman–Crippen MR) is 63.1 cm³/mol. The number of para-hydroxylation sites is 1. The van der Waals surface area contributed by atoms with Gasteiger partial charge in [0.05, 0.1) is 0 Å². The summed E-state index contributed by atoms with van der Waals surface area (Å²) in [5.74, 6) is 0. The number of benzene rings is 1. The molecule has 0 aliphatic carbocycles. The number of nitrogens with two attached hydrogens (primary N) is 1. The van der Waals surface area contributed by atoms with Crippen molar-refractivity contribution in [3.63, 3.8) is 0 Å². The number of aryl methyl sites for hydroxylation is 1. The molecule has 2 heterocycles. The van der Waals surface area contributed by atoms with E-state index in [1.807, 2.05) is 0 Å². The summed E-state index contributed by atoms with van der Waals surface area (Å²) < 4.78 is 0. The van der Waals surface area contributed by atoms with E-state index < -0.39 is 0 Å². The zero-order valence-corrected chi connectivity index (χ0v) is 9.02. The van der Waals surface area contributed by atoms with E-state index in [4.69, 9.17) is 5.73 Å². The fourth-order valence-corrected chi connectivity index (χ4v) is 3.17. The van der Waals surface area contributed by atoms with E-state index in [-0.39, 0.29) is 0 Å². The second kappa shape index (κ2) is 3.53. The molecule has 1 fully saturated rings. The van der Waals surface area contributed by atoms with Crippen LogP contribution in [-0.4, -0.2) is 18.6 Å². The number of hydrogen-bond donors (Lipinski definition) is 1. The lowest BCUT2D eigenvalue weighted by Gasteiger charge is -2.37. The van der Waals surface area contributed by atoms with Crippen molar-refractivity contribution in [1.82, 2.24) is 0 Å². The molecule has 0 amide bonds. The normalized spacial score (nSPS) is 28.7. The van der Waals surface area contributed by atoms with Crippen molar-refractivity contribution in [1.29, 1.82) is 0 Å². The molecule has 1 aromatic carbocycles. The van der Waals surface area contributed by atoms with E-state index >= 15 is 0 Å². The second-order valence-electron chi connectivity index (χ2n) is 4.70. The van der Waals surface area contributed by atoms with Crippen LogP contribution in [0.2, 0.25) is 0 Å². The molecule has 2 unspecified atom stereocenters. The molecule has 15 heavy (non-hydrogen) atoms. The molecule has 3 rings (SSSR count). The standard InChI is InChI=1S/C13H18N2/c14-9-12-8-7-11-6-5-10-3-1-2-4-13(10)15(11)12/h1-4,11-12H,5-9,14H2. The first-order chi connectivity index (χ1) is 7.40. The molecule has 2 N–H and O–H groups in total. The first kappa shape index (κ1) is 9.22. The topological polar surface area (TPSA) is 29.3 Å². The van der Waals surface area contributed by atoms with Gasteiger partial charge >= 0.3 is 0 Å². The van der Waals surface area contributed by atoms with Crippen molar-refractivity contribution in [2.45, 2.75) is 37.8 Å². The molecule has 2 atom stereocenters. The lowest BCUT2D eigenvalue weighted by Crippen LogP contribution is -2.43. The number of rotatable bonds is 1. The van der Waals surface area contributed by atoms with E-state index in [0.717, 1.165) is 12.6 Å². The Hall–Kier alpha value is -1.02. The fourth-order valence-electron chi connectivity index (χ4n) is 3.17. The summed E-state index contributed by atoms with van der Waals surface area (Å²) in [6, 6.07) is 10.2. The highest BCUT2D eigenvalue weighted by molar-refractivity contribution is 5.58. The average Bonchev–Trinajstić information content (AvgIpc) is 2.72. The lowest BCUT2D eigenvalue weighted by atomic mass is 9.96. The molecule has 0 radical (unpaired) electrons. The zero-order valence-electron chi connectivity index (χ0n) is 9.02. The summed E-state index contributed by atoms with van der Waals surface area (Å²) in [4.78, 5) is 2.58. The molecule has 0 spiro atoms. The minimum Gasteiger partial charge on any atom is -0.364 e. The Morgan fingerprint density at radius 3 is 2.93 bits per heavy atom. The SMILES string of the molecule is NCC1CCC2CCc3ccccc3N12. The summed E-state index contributed by atoms with van der Waals surface area (Å²) in [5, 5.41) is 0. The van der Waals surface area contributed by atoms with Crippen LogP contribution in [0.4, 0.5) is 5.69 Å². The molecule has 0 bridgehead atoms. The van der Waals surface area contributed by atoms with Crippen molar-refractivity contribution < 1.29 is 0 Å². The number of fused-ring (bicyclic) bond motifs is 3. The summed E-state index contributed by atoms with van der Waals surface area (Å²) in [5.41, 5.74) is 8.81. The largest absolute Gasteiger partial charge is 0.364 e. The highest BCUT2D eigenvalue weighted by Crippen LogP contribution is 2.38. The molecule has 1 saturated heterocycles. The average molecular weight is 202 g/mol. The first-order valence-corrected chi connectivity index (χ1v) is 5.96. The predicted octanol–water partition coefficient (Wildman–Crippen LogP) is 1.93. The van der Waals surface area contributed by atoms with Crippen LogP contribution in [-0.2, 0) is 6.42 Å². The van der Waals surface area contributed by atoms with Crippen LogP contribution >= 0.6 is 0 Å². The van der Waals surface area contributed by atoms with Crippen LogP contribution < -0.4 is 10.6 Å². The summed E-state index contributed by atoms with van der Waals surface area (Å²) in [7, 11) is 0. The van der Waals surface area contributed by atoms with Gasteiger partial charge in [0.25, 0.3) is 0 Å². The van der Waals surface area contributed by atoms with Gasteiger partial charge in [-0.15, -0.1) is 0 Å². The Balaban J connectivity index is 2.02. The smallest absolute Gasteiger partial charge is 0.0416 e. The van der Waals surface area contributed by atoms with Crippen LogP contribution in [0.3, 0.4) is 0 Å². The van der Waals surface area contributed by atoms with Gasteiger partial charge in [0.1, 0.15) is 0 Å². The molecule has 1 aromatic rings. The van der Waals surface area contributed by atoms with Gasteiger partial charge < -0.3 is 10.6 Å². The van der Waals surface area contributed by atoms with E-state index in [1.54, 1.807) is 0 Å². The number of anilines is 1. The Bertz CT molecular complexity index is 361. The Labute approximate surface area is 91.1 Å². The van der Waals surface area contributed by atoms with E-state index in [9.17, 15) is 0 Å². The molecule has 2 nitrogen and oxygen atoms in total. The Morgan fingerprint density at radius 1 is 1.20 bits per heavy atom. The van der Waals surface area contributed by atoms with Gasteiger partial charge in [-0.25, -0.2) is 0 Å². The molecule has 2 aliphatic rings. The number of nitrogens with zero attached hydrogens (tertiary/aromatic N) is 1. The van der Waals surface area contributed by atoms with Gasteiger partial charge in [-0.1, -0.05) is 18.2 Å². The molecule has 80 valence electrons. The van der Waals surface area contributed by atoms with E-state index in [2.05, 4.69) is 29.2 Å². The van der Waals surface area contributed by atoms with Crippen molar-refractivity contribution in [3.8, 4) is 0 Å². The third-order valence-corrected chi connectivity index (χ3v) is 3.91. The van der Waals surface area contributed by atoms with Gasteiger partial charge in [0.15, 0.2) is 0 Å². The van der Waals surface area contributed by atoms with Gasteiger partial charge in [-0.2, -0.15) is 0 Å². The molecular formula is C13H18N2. The second-order valence-corrected chi connectivity index (χ2v) is 4.70. The zero-order chi connectivity index (χ0) is 10.3. The minimum absolute atomic E-state index is 0.580. The van der Waals surface area contributed by atoms with Crippen LogP contribution in [0.25, 0.3) is 0 Å². The monoisotopic (exact) mass is 202 g/mol. The third-order valence-electron chi connectivity index (χ3n) is 3.91. The van der Waals surface area contributed by atoms with E-state index in [0.29, 0.717) is 6.04 Å². The minimum atomic E-state index is 0.580. The third kappa shape index (κ3) is 1.36. The molecule has 0 aromatic heterocycles. The van der Waals surface area contributed by atoms with Crippen LogP contribution in [0, 0.1) is 0 Å². The van der Waals surface area contributed by atoms with Crippen molar-refractivity contribution in [3.05, 3.63) is 29.8 Å². The van der Waals surface area contributed by atoms with Crippen molar-refractivity contribution in [2.24, 2.45) is 5.73 Å². The van der Waals surface area contributed by atoms with Crippen LogP contribution in [0.15, 0.2) is 24.3 Å². The highest BCUT2D eigenvalue weighted by Gasteiger charge is 2.35. The van der Waals surface area contributed by atoms with E-state index in [1.165, 1.54) is 36.9 Å². The maximum Gasteiger partial charge on any atom is 0.0416 e. The molecule has 0 saturated carbocycles.